The van der Waals surface area contributed by atoms with Crippen molar-refractivity contribution in [1.29, 1.82) is 0 Å². The molecule has 0 unspecified atom stereocenters. The van der Waals surface area contributed by atoms with Gasteiger partial charge in [-0.25, -0.2) is 4.98 Å². The molecular weight excluding hydrogens is 348 g/mol. The van der Waals surface area contributed by atoms with Crippen molar-refractivity contribution in [1.82, 2.24) is 19.7 Å². The van der Waals surface area contributed by atoms with Crippen LogP contribution in [0.3, 0.4) is 0 Å². The monoisotopic (exact) mass is 368 g/mol. The molecular formula is C20H21ClN4O. The SMILES string of the molecule is Cc1cc(C)n(Cc2ccc(C(=O)N(C)Cc3cccnc3Cl)cc2)n1. The van der Waals surface area contributed by atoms with Gasteiger partial charge in [-0.3, -0.25) is 9.48 Å². The summed E-state index contributed by atoms with van der Waals surface area (Å²) >= 11 is 6.07. The number of carbonyl (C=O) groups excluding carboxylic acids is 1. The zero-order valence-electron chi connectivity index (χ0n) is 15.1. The molecule has 26 heavy (non-hydrogen) atoms. The third-order valence-electron chi connectivity index (χ3n) is 4.23. The summed E-state index contributed by atoms with van der Waals surface area (Å²) in [5.74, 6) is -0.0532. The Bertz CT molecular complexity index is 918. The minimum atomic E-state index is -0.0532. The van der Waals surface area contributed by atoms with Crippen molar-refractivity contribution >= 4 is 17.5 Å². The first-order valence-electron chi connectivity index (χ1n) is 8.39. The molecule has 0 aliphatic carbocycles. The van der Waals surface area contributed by atoms with E-state index in [0.29, 0.717) is 23.8 Å². The molecule has 134 valence electrons. The highest BCUT2D eigenvalue weighted by molar-refractivity contribution is 6.30. The van der Waals surface area contributed by atoms with Crippen LogP contribution < -0.4 is 0 Å². The van der Waals surface area contributed by atoms with E-state index in [1.807, 2.05) is 54.9 Å². The summed E-state index contributed by atoms with van der Waals surface area (Å²) in [6.45, 7) is 5.13. The van der Waals surface area contributed by atoms with Gasteiger partial charge in [0.1, 0.15) is 5.15 Å². The summed E-state index contributed by atoms with van der Waals surface area (Å²) in [7, 11) is 1.76. The van der Waals surface area contributed by atoms with Gasteiger partial charge in [0.2, 0.25) is 0 Å². The van der Waals surface area contributed by atoms with Crippen molar-refractivity contribution in [3.63, 3.8) is 0 Å². The molecule has 3 aromatic rings. The second kappa shape index (κ2) is 7.70. The molecule has 6 heteroatoms. The lowest BCUT2D eigenvalue weighted by Gasteiger charge is -2.18. The molecule has 0 radical (unpaired) electrons. The van der Waals surface area contributed by atoms with E-state index < -0.39 is 0 Å². The molecule has 0 fully saturated rings. The largest absolute Gasteiger partial charge is 0.337 e. The predicted molar refractivity (Wildman–Crippen MR) is 102 cm³/mol. The zero-order chi connectivity index (χ0) is 18.7. The number of carbonyl (C=O) groups is 1. The first-order valence-corrected chi connectivity index (χ1v) is 8.76. The fourth-order valence-corrected chi connectivity index (χ4v) is 3.02. The average Bonchev–Trinajstić information content (AvgIpc) is 2.94. The van der Waals surface area contributed by atoms with Crippen molar-refractivity contribution < 1.29 is 4.79 Å². The van der Waals surface area contributed by atoms with Crippen molar-refractivity contribution in [2.75, 3.05) is 7.05 Å². The molecule has 2 aromatic heterocycles. The van der Waals surface area contributed by atoms with Crippen LogP contribution in [0.5, 0.6) is 0 Å². The summed E-state index contributed by atoms with van der Waals surface area (Å²) in [6, 6.07) is 13.4. The Kier molecular flexibility index (Phi) is 5.38. The van der Waals surface area contributed by atoms with Crippen LogP contribution in [0.2, 0.25) is 5.15 Å². The molecule has 0 spiro atoms. The lowest BCUT2D eigenvalue weighted by atomic mass is 10.1. The quantitative estimate of drug-likeness (QED) is 0.642. The fourth-order valence-electron chi connectivity index (χ4n) is 2.85. The van der Waals surface area contributed by atoms with Crippen LogP contribution in [0.25, 0.3) is 0 Å². The molecule has 0 bridgehead atoms. The van der Waals surface area contributed by atoms with Crippen LogP contribution in [0, 0.1) is 13.8 Å². The molecule has 0 saturated heterocycles. The topological polar surface area (TPSA) is 51.0 Å². The van der Waals surface area contributed by atoms with Gasteiger partial charge in [0.25, 0.3) is 5.91 Å². The molecule has 0 N–H and O–H groups in total. The van der Waals surface area contributed by atoms with Gasteiger partial charge in [0.05, 0.1) is 12.2 Å². The first-order chi connectivity index (χ1) is 12.4. The van der Waals surface area contributed by atoms with Crippen LogP contribution in [-0.4, -0.2) is 32.6 Å². The Morgan fingerprint density at radius 3 is 2.54 bits per heavy atom. The Labute approximate surface area is 158 Å². The lowest BCUT2D eigenvalue weighted by Crippen LogP contribution is -2.26. The maximum absolute atomic E-state index is 12.6. The smallest absolute Gasteiger partial charge is 0.253 e. The molecule has 0 saturated carbocycles. The van der Waals surface area contributed by atoms with Gasteiger partial charge in [-0.2, -0.15) is 5.10 Å². The number of nitrogens with zero attached hydrogens (tertiary/aromatic N) is 4. The van der Waals surface area contributed by atoms with Gasteiger partial charge in [-0.05, 0) is 43.7 Å². The minimum Gasteiger partial charge on any atom is -0.337 e. The highest BCUT2D eigenvalue weighted by Crippen LogP contribution is 2.16. The average molecular weight is 369 g/mol. The number of rotatable bonds is 5. The third-order valence-corrected chi connectivity index (χ3v) is 4.57. The third kappa shape index (κ3) is 4.11. The van der Waals surface area contributed by atoms with E-state index in [0.717, 1.165) is 22.5 Å². The molecule has 0 aliphatic heterocycles. The standard InChI is InChI=1S/C20H21ClN4O/c1-14-11-15(2)25(23-14)12-16-6-8-17(9-7-16)20(26)24(3)13-18-5-4-10-22-19(18)21/h4-11H,12-13H2,1-3H3. The molecule has 2 heterocycles. The summed E-state index contributed by atoms with van der Waals surface area (Å²) in [4.78, 5) is 18.3. The van der Waals surface area contributed by atoms with Crippen LogP contribution >= 0.6 is 11.6 Å². The maximum atomic E-state index is 12.6. The van der Waals surface area contributed by atoms with Crippen molar-refractivity contribution in [3.8, 4) is 0 Å². The number of halogens is 1. The fraction of sp³-hybridized carbons (Fsp3) is 0.250. The second-order valence-corrected chi connectivity index (χ2v) is 6.75. The summed E-state index contributed by atoms with van der Waals surface area (Å²) in [6.07, 6.45) is 1.63. The van der Waals surface area contributed by atoms with E-state index in [4.69, 9.17) is 11.6 Å². The number of aromatic nitrogens is 3. The lowest BCUT2D eigenvalue weighted by molar-refractivity contribution is 0.0785. The Morgan fingerprint density at radius 1 is 1.19 bits per heavy atom. The second-order valence-electron chi connectivity index (χ2n) is 6.40. The number of benzene rings is 1. The Hall–Kier alpha value is -2.66. The van der Waals surface area contributed by atoms with E-state index in [2.05, 4.69) is 16.1 Å². The van der Waals surface area contributed by atoms with Crippen LogP contribution in [0.15, 0.2) is 48.7 Å². The number of aryl methyl sites for hydroxylation is 2. The van der Waals surface area contributed by atoms with Crippen LogP contribution in [-0.2, 0) is 13.1 Å². The highest BCUT2D eigenvalue weighted by Gasteiger charge is 2.14. The molecule has 1 amide bonds. The van der Waals surface area contributed by atoms with Crippen LogP contribution in [0.1, 0.15) is 32.9 Å². The van der Waals surface area contributed by atoms with E-state index >= 15 is 0 Å². The van der Waals surface area contributed by atoms with Crippen molar-refractivity contribution in [2.24, 2.45) is 0 Å². The Balaban J connectivity index is 1.68. The molecule has 1 aromatic carbocycles. The zero-order valence-corrected chi connectivity index (χ0v) is 15.9. The predicted octanol–water partition coefficient (Wildman–Crippen LogP) is 3.87. The minimum absolute atomic E-state index is 0.0532. The van der Waals surface area contributed by atoms with Crippen molar-refractivity contribution in [3.05, 3.63) is 81.9 Å². The molecule has 3 rings (SSSR count). The van der Waals surface area contributed by atoms with Gasteiger partial charge in [-0.1, -0.05) is 29.8 Å². The van der Waals surface area contributed by atoms with Gasteiger partial charge in [0.15, 0.2) is 0 Å². The number of amides is 1. The maximum Gasteiger partial charge on any atom is 0.253 e. The number of pyridine rings is 1. The molecule has 5 nitrogen and oxygen atoms in total. The van der Waals surface area contributed by atoms with Crippen molar-refractivity contribution in [2.45, 2.75) is 26.9 Å². The van der Waals surface area contributed by atoms with E-state index in [-0.39, 0.29) is 5.91 Å². The summed E-state index contributed by atoms with van der Waals surface area (Å²) in [5.41, 5.74) is 4.70. The van der Waals surface area contributed by atoms with Gasteiger partial charge in [-0.15, -0.1) is 0 Å². The first kappa shape index (κ1) is 18.1. The van der Waals surface area contributed by atoms with Gasteiger partial charge >= 0.3 is 0 Å². The highest BCUT2D eigenvalue weighted by atomic mass is 35.5. The number of hydrogen-bond donors (Lipinski definition) is 0. The van der Waals surface area contributed by atoms with E-state index in [9.17, 15) is 4.79 Å². The van der Waals surface area contributed by atoms with Crippen LogP contribution in [0.4, 0.5) is 0 Å². The summed E-state index contributed by atoms with van der Waals surface area (Å²) < 4.78 is 1.96. The number of hydrogen-bond acceptors (Lipinski definition) is 3. The van der Waals surface area contributed by atoms with Gasteiger partial charge < -0.3 is 4.90 Å². The van der Waals surface area contributed by atoms with E-state index in [1.54, 1.807) is 18.1 Å². The van der Waals surface area contributed by atoms with Gasteiger partial charge in [0, 0.05) is 36.6 Å². The molecule has 0 atom stereocenters. The van der Waals surface area contributed by atoms with E-state index in [1.165, 1.54) is 0 Å². The Morgan fingerprint density at radius 2 is 1.92 bits per heavy atom. The molecule has 0 aliphatic rings. The normalized spacial score (nSPS) is 10.8. The summed E-state index contributed by atoms with van der Waals surface area (Å²) in [5, 5.41) is 4.89.